The second-order valence-corrected chi connectivity index (χ2v) is 7.74. The molecule has 1 nitrogen and oxygen atoms in total. The highest BCUT2D eigenvalue weighted by molar-refractivity contribution is 6.44. The number of carbonyl (C=O) groups excluding carboxylic acids is 1. The lowest BCUT2D eigenvalue weighted by Gasteiger charge is -2.20. The summed E-state index contributed by atoms with van der Waals surface area (Å²) in [5, 5.41) is 0. The molecule has 0 amide bonds. The van der Waals surface area contributed by atoms with Crippen molar-refractivity contribution in [2.45, 2.75) is 0 Å². The van der Waals surface area contributed by atoms with Crippen LogP contribution < -0.4 is 0 Å². The van der Waals surface area contributed by atoms with E-state index in [0.717, 1.165) is 33.4 Å². The quantitative estimate of drug-likeness (QED) is 0.347. The molecule has 0 radical (unpaired) electrons. The van der Waals surface area contributed by atoms with Gasteiger partial charge in [0.1, 0.15) is 0 Å². The second-order valence-electron chi connectivity index (χ2n) is 7.74. The van der Waals surface area contributed by atoms with Crippen molar-refractivity contribution in [2.75, 3.05) is 0 Å². The van der Waals surface area contributed by atoms with E-state index in [0.29, 0.717) is 11.1 Å². The monoisotopic (exact) mass is 410 g/mol. The van der Waals surface area contributed by atoms with Gasteiger partial charge in [0.2, 0.25) is 0 Å². The number of hydrogen-bond acceptors (Lipinski definition) is 1. The first kappa shape index (κ1) is 19.7. The predicted molar refractivity (Wildman–Crippen MR) is 133 cm³/mol. The molecule has 4 aromatic rings. The molecule has 0 atom stereocenters. The summed E-state index contributed by atoms with van der Waals surface area (Å²) in [5.41, 5.74) is 7.66. The average Bonchev–Trinajstić information content (AvgIpc) is 2.87. The molecule has 0 bridgehead atoms. The smallest absolute Gasteiger partial charge is 0.194 e. The van der Waals surface area contributed by atoms with Gasteiger partial charge in [0.05, 0.1) is 0 Å². The van der Waals surface area contributed by atoms with Crippen molar-refractivity contribution >= 4 is 22.5 Å². The number of benzene rings is 4. The lowest BCUT2D eigenvalue weighted by molar-refractivity contribution is -0.108. The summed E-state index contributed by atoms with van der Waals surface area (Å²) in [4.78, 5) is 13.6. The third-order valence-electron chi connectivity index (χ3n) is 5.67. The topological polar surface area (TPSA) is 17.1 Å². The van der Waals surface area contributed by atoms with E-state index in [4.69, 9.17) is 0 Å². The van der Waals surface area contributed by atoms with Crippen LogP contribution in [0.5, 0.6) is 0 Å². The normalized spacial score (nSPS) is 13.4. The molecule has 152 valence electrons. The predicted octanol–water partition coefficient (Wildman–Crippen LogP) is 7.24. The molecule has 0 aliphatic heterocycles. The van der Waals surface area contributed by atoms with E-state index in [1.807, 2.05) is 84.9 Å². The molecule has 0 fully saturated rings. The molecule has 1 heteroatoms. The van der Waals surface area contributed by atoms with Gasteiger partial charge in [-0.3, -0.25) is 4.79 Å². The van der Waals surface area contributed by atoms with Gasteiger partial charge in [-0.25, -0.2) is 0 Å². The molecule has 5 rings (SSSR count). The largest absolute Gasteiger partial charge is 0.289 e. The van der Waals surface area contributed by atoms with Crippen LogP contribution in [0.4, 0.5) is 0 Å². The highest BCUT2D eigenvalue weighted by Crippen LogP contribution is 2.37. The number of carbonyl (C=O) groups is 1. The number of hydrogen-bond donors (Lipinski definition) is 0. The molecule has 0 saturated carbocycles. The Morgan fingerprint density at radius 3 is 1.16 bits per heavy atom. The fourth-order valence-electron chi connectivity index (χ4n) is 4.15. The van der Waals surface area contributed by atoms with Crippen molar-refractivity contribution in [1.82, 2.24) is 0 Å². The minimum atomic E-state index is 0.0478. The Morgan fingerprint density at radius 2 is 0.781 bits per heavy atom. The van der Waals surface area contributed by atoms with Gasteiger partial charge in [-0.05, 0) is 45.6 Å². The summed E-state index contributed by atoms with van der Waals surface area (Å²) in [6, 6.07) is 40.6. The second kappa shape index (κ2) is 8.87. The summed E-state index contributed by atoms with van der Waals surface area (Å²) in [7, 11) is 0. The molecule has 0 spiro atoms. The zero-order valence-corrected chi connectivity index (χ0v) is 17.6. The minimum absolute atomic E-state index is 0.0478. The Hall–Kier alpha value is -4.23. The highest BCUT2D eigenvalue weighted by atomic mass is 16.1. The molecule has 0 saturated heterocycles. The van der Waals surface area contributed by atoms with Crippen molar-refractivity contribution in [2.24, 2.45) is 0 Å². The summed E-state index contributed by atoms with van der Waals surface area (Å²) >= 11 is 0. The number of rotatable bonds is 4. The van der Waals surface area contributed by atoms with Gasteiger partial charge in [-0.2, -0.15) is 0 Å². The van der Waals surface area contributed by atoms with Gasteiger partial charge in [-0.15, -0.1) is 0 Å². The van der Waals surface area contributed by atoms with Crippen LogP contribution in [0.3, 0.4) is 0 Å². The van der Waals surface area contributed by atoms with Crippen molar-refractivity contribution < 1.29 is 4.79 Å². The van der Waals surface area contributed by atoms with Crippen LogP contribution in [0.25, 0.3) is 16.7 Å². The molecule has 0 heterocycles. The molecule has 32 heavy (non-hydrogen) atoms. The SMILES string of the molecule is O=C1C(c2ccccc2)=CC(=C(c2ccccc2)c2ccccc2)C=C1c1ccccc1. The van der Waals surface area contributed by atoms with Crippen molar-refractivity contribution in [3.8, 4) is 0 Å². The number of allylic oxidation sites excluding steroid dienone is 5. The van der Waals surface area contributed by atoms with Crippen molar-refractivity contribution in [3.63, 3.8) is 0 Å². The summed E-state index contributed by atoms with van der Waals surface area (Å²) in [6.45, 7) is 0. The highest BCUT2D eigenvalue weighted by Gasteiger charge is 2.24. The van der Waals surface area contributed by atoms with Gasteiger partial charge >= 0.3 is 0 Å². The van der Waals surface area contributed by atoms with E-state index in [2.05, 4.69) is 48.5 Å². The van der Waals surface area contributed by atoms with Gasteiger partial charge in [-0.1, -0.05) is 121 Å². The van der Waals surface area contributed by atoms with Gasteiger partial charge in [0.15, 0.2) is 5.78 Å². The average molecular weight is 411 g/mol. The van der Waals surface area contributed by atoms with E-state index in [1.54, 1.807) is 0 Å². The van der Waals surface area contributed by atoms with Gasteiger partial charge in [0.25, 0.3) is 0 Å². The first-order chi connectivity index (χ1) is 15.8. The summed E-state index contributed by atoms with van der Waals surface area (Å²) in [6.07, 6.45) is 4.08. The first-order valence-electron chi connectivity index (χ1n) is 10.8. The van der Waals surface area contributed by atoms with Crippen LogP contribution in [0, 0.1) is 0 Å². The Kier molecular flexibility index (Phi) is 5.47. The third-order valence-corrected chi connectivity index (χ3v) is 5.67. The Labute approximate surface area is 188 Å². The lowest BCUT2D eigenvalue weighted by atomic mass is 9.82. The van der Waals surface area contributed by atoms with Crippen LogP contribution in [0.15, 0.2) is 139 Å². The van der Waals surface area contributed by atoms with E-state index in [1.165, 1.54) is 0 Å². The van der Waals surface area contributed by atoms with E-state index >= 15 is 0 Å². The van der Waals surface area contributed by atoms with Crippen LogP contribution in [0.2, 0.25) is 0 Å². The van der Waals surface area contributed by atoms with Crippen molar-refractivity contribution in [3.05, 3.63) is 161 Å². The molecular formula is C31H22O. The Balaban J connectivity index is 1.81. The Morgan fingerprint density at radius 1 is 0.438 bits per heavy atom. The third kappa shape index (κ3) is 3.89. The van der Waals surface area contributed by atoms with E-state index in [9.17, 15) is 4.79 Å². The molecule has 1 aliphatic carbocycles. The van der Waals surface area contributed by atoms with Crippen LogP contribution in [-0.2, 0) is 4.79 Å². The number of Topliss-reactive ketones (excluding diaryl/α,β-unsaturated/α-hetero) is 1. The minimum Gasteiger partial charge on any atom is -0.289 e. The first-order valence-corrected chi connectivity index (χ1v) is 10.8. The summed E-state index contributed by atoms with van der Waals surface area (Å²) in [5.74, 6) is 0.0478. The van der Waals surface area contributed by atoms with E-state index in [-0.39, 0.29) is 5.78 Å². The zero-order valence-electron chi connectivity index (χ0n) is 17.6. The number of ketones is 1. The molecule has 1 aliphatic rings. The molecule has 0 unspecified atom stereocenters. The molecule has 4 aromatic carbocycles. The molecule has 0 aromatic heterocycles. The lowest BCUT2D eigenvalue weighted by Crippen LogP contribution is -2.10. The molecule has 0 N–H and O–H groups in total. The maximum absolute atomic E-state index is 13.6. The molecular weight excluding hydrogens is 388 g/mol. The van der Waals surface area contributed by atoms with Crippen LogP contribution in [0.1, 0.15) is 22.3 Å². The van der Waals surface area contributed by atoms with Gasteiger partial charge < -0.3 is 0 Å². The maximum Gasteiger partial charge on any atom is 0.194 e. The zero-order chi connectivity index (χ0) is 21.8. The van der Waals surface area contributed by atoms with Crippen LogP contribution in [-0.4, -0.2) is 5.78 Å². The summed E-state index contributed by atoms with van der Waals surface area (Å²) < 4.78 is 0. The maximum atomic E-state index is 13.6. The fourth-order valence-corrected chi connectivity index (χ4v) is 4.15. The van der Waals surface area contributed by atoms with Crippen LogP contribution >= 0.6 is 0 Å². The van der Waals surface area contributed by atoms with E-state index < -0.39 is 0 Å². The Bertz CT molecular complexity index is 1220. The fraction of sp³-hybridized carbons (Fsp3) is 0. The standard InChI is InChI=1S/C31H22O/c32-31-28(23-13-5-1-6-14-23)21-27(22-29(31)24-15-7-2-8-16-24)30(25-17-9-3-10-18-25)26-19-11-4-12-20-26/h1-22H. The van der Waals surface area contributed by atoms with Crippen molar-refractivity contribution in [1.29, 1.82) is 0 Å². The van der Waals surface area contributed by atoms with Gasteiger partial charge in [0, 0.05) is 11.1 Å².